The minimum absolute atomic E-state index is 0.0284. The highest BCUT2D eigenvalue weighted by atomic mass is 79.9. The van der Waals surface area contributed by atoms with Crippen molar-refractivity contribution in [2.24, 2.45) is 5.92 Å². The van der Waals surface area contributed by atoms with Crippen LogP contribution in [-0.2, 0) is 0 Å². The van der Waals surface area contributed by atoms with Gasteiger partial charge in [0, 0.05) is 11.0 Å². The highest BCUT2D eigenvalue weighted by molar-refractivity contribution is 9.10. The zero-order chi connectivity index (χ0) is 12.4. The quantitative estimate of drug-likeness (QED) is 0.795. The van der Waals surface area contributed by atoms with Gasteiger partial charge in [0.15, 0.2) is 0 Å². The van der Waals surface area contributed by atoms with Gasteiger partial charge < -0.3 is 15.5 Å². The molecular formula is C12H14BrNO3. The van der Waals surface area contributed by atoms with E-state index >= 15 is 0 Å². The van der Waals surface area contributed by atoms with Crippen molar-refractivity contribution in [2.75, 3.05) is 6.54 Å². The van der Waals surface area contributed by atoms with Gasteiger partial charge in [-0.05, 0) is 37.0 Å². The van der Waals surface area contributed by atoms with Gasteiger partial charge in [-0.15, -0.1) is 0 Å². The largest absolute Gasteiger partial charge is 0.507 e. The van der Waals surface area contributed by atoms with E-state index < -0.39 is 0 Å². The van der Waals surface area contributed by atoms with Crippen LogP contribution in [0.4, 0.5) is 0 Å². The lowest BCUT2D eigenvalue weighted by Crippen LogP contribution is -2.38. The minimum atomic E-state index is -0.287. The summed E-state index contributed by atoms with van der Waals surface area (Å²) >= 11 is 3.25. The van der Waals surface area contributed by atoms with Crippen molar-refractivity contribution in [3.63, 3.8) is 0 Å². The Balaban J connectivity index is 1.92. The summed E-state index contributed by atoms with van der Waals surface area (Å²) in [6.45, 7) is 0.543. The number of hydrogen-bond acceptors (Lipinski definition) is 3. The fraction of sp³-hybridized carbons (Fsp3) is 0.417. The van der Waals surface area contributed by atoms with Crippen LogP contribution in [0.3, 0.4) is 0 Å². The topological polar surface area (TPSA) is 69.6 Å². The molecule has 0 aliphatic heterocycles. The zero-order valence-electron chi connectivity index (χ0n) is 9.19. The first kappa shape index (κ1) is 12.4. The smallest absolute Gasteiger partial charge is 0.255 e. The molecule has 2 rings (SSSR count). The molecule has 1 aromatic rings. The predicted octanol–water partition coefficient (Wildman–Crippen LogP) is 1.66. The molecule has 0 bridgehead atoms. The van der Waals surface area contributed by atoms with E-state index in [9.17, 15) is 9.90 Å². The molecule has 1 aliphatic carbocycles. The number of carbonyl (C=O) groups is 1. The van der Waals surface area contributed by atoms with Gasteiger partial charge in [0.05, 0.1) is 11.7 Å². The van der Waals surface area contributed by atoms with E-state index in [0.717, 1.165) is 17.3 Å². The Kier molecular flexibility index (Phi) is 3.69. The first-order chi connectivity index (χ1) is 8.06. The zero-order valence-corrected chi connectivity index (χ0v) is 10.8. The van der Waals surface area contributed by atoms with Gasteiger partial charge in [-0.25, -0.2) is 0 Å². The third-order valence-electron chi connectivity index (χ3n) is 2.97. The van der Waals surface area contributed by atoms with Gasteiger partial charge >= 0.3 is 0 Å². The molecule has 3 N–H and O–H groups in total. The van der Waals surface area contributed by atoms with Gasteiger partial charge in [-0.1, -0.05) is 15.9 Å². The molecule has 1 amide bonds. The fourth-order valence-electron chi connectivity index (χ4n) is 1.89. The molecule has 0 radical (unpaired) electrons. The van der Waals surface area contributed by atoms with Crippen LogP contribution in [0.25, 0.3) is 0 Å². The second kappa shape index (κ2) is 5.06. The van der Waals surface area contributed by atoms with E-state index in [1.54, 1.807) is 12.1 Å². The maximum atomic E-state index is 11.8. The van der Waals surface area contributed by atoms with Gasteiger partial charge in [-0.2, -0.15) is 0 Å². The summed E-state index contributed by atoms with van der Waals surface area (Å²) in [4.78, 5) is 11.8. The van der Waals surface area contributed by atoms with Crippen molar-refractivity contribution in [3.05, 3.63) is 28.2 Å². The second-order valence-corrected chi connectivity index (χ2v) is 5.28. The Labute approximate surface area is 108 Å². The SMILES string of the molecule is O=C(NCC1CC(O)C1)c1cc(Br)ccc1O. The molecule has 17 heavy (non-hydrogen) atoms. The average Bonchev–Trinajstić information content (AvgIpc) is 2.26. The molecule has 0 saturated heterocycles. The third-order valence-corrected chi connectivity index (χ3v) is 3.46. The normalized spacial score (nSPS) is 22.9. The van der Waals surface area contributed by atoms with Crippen molar-refractivity contribution in [3.8, 4) is 5.75 Å². The standard InChI is InChI=1S/C12H14BrNO3/c13-8-1-2-11(16)10(5-8)12(17)14-6-7-3-9(15)4-7/h1-2,5,7,9,15-16H,3-4,6H2,(H,14,17). The van der Waals surface area contributed by atoms with Gasteiger partial charge in [0.1, 0.15) is 5.75 Å². The number of aliphatic hydroxyl groups excluding tert-OH is 1. The van der Waals surface area contributed by atoms with Crippen molar-refractivity contribution >= 4 is 21.8 Å². The van der Waals surface area contributed by atoms with E-state index in [2.05, 4.69) is 21.2 Å². The Morgan fingerprint density at radius 2 is 2.18 bits per heavy atom. The highest BCUT2D eigenvalue weighted by Gasteiger charge is 2.27. The van der Waals surface area contributed by atoms with Crippen molar-refractivity contribution in [1.82, 2.24) is 5.32 Å². The van der Waals surface area contributed by atoms with Crippen LogP contribution in [0.1, 0.15) is 23.2 Å². The lowest BCUT2D eigenvalue weighted by molar-refractivity contribution is 0.0420. The van der Waals surface area contributed by atoms with Crippen molar-refractivity contribution < 1.29 is 15.0 Å². The summed E-state index contributed by atoms with van der Waals surface area (Å²) in [5.41, 5.74) is 0.263. The van der Waals surface area contributed by atoms with E-state index in [1.807, 2.05) is 0 Å². The molecule has 5 heteroatoms. The molecule has 0 spiro atoms. The number of phenolic OH excluding ortho intramolecular Hbond substituents is 1. The Morgan fingerprint density at radius 3 is 2.82 bits per heavy atom. The van der Waals surface area contributed by atoms with Crippen molar-refractivity contribution in [2.45, 2.75) is 18.9 Å². The molecule has 1 aliphatic rings. The monoisotopic (exact) mass is 299 g/mol. The minimum Gasteiger partial charge on any atom is -0.507 e. The summed E-state index contributed by atoms with van der Waals surface area (Å²) in [7, 11) is 0. The Bertz CT molecular complexity index is 430. The molecule has 1 aromatic carbocycles. The molecule has 0 heterocycles. The second-order valence-electron chi connectivity index (χ2n) is 4.36. The number of aromatic hydroxyl groups is 1. The lowest BCUT2D eigenvalue weighted by atomic mass is 9.82. The van der Waals surface area contributed by atoms with Crippen molar-refractivity contribution in [1.29, 1.82) is 0 Å². The van der Waals surface area contributed by atoms with E-state index in [1.165, 1.54) is 6.07 Å². The third kappa shape index (κ3) is 2.98. The van der Waals surface area contributed by atoms with Crippen LogP contribution in [0.2, 0.25) is 0 Å². The predicted molar refractivity (Wildman–Crippen MR) is 66.9 cm³/mol. The average molecular weight is 300 g/mol. The number of benzene rings is 1. The Morgan fingerprint density at radius 1 is 1.47 bits per heavy atom. The van der Waals surface area contributed by atoms with Crippen LogP contribution in [0.5, 0.6) is 5.75 Å². The molecule has 1 fully saturated rings. The van der Waals surface area contributed by atoms with Crippen LogP contribution >= 0.6 is 15.9 Å². The highest BCUT2D eigenvalue weighted by Crippen LogP contribution is 2.26. The summed E-state index contributed by atoms with van der Waals surface area (Å²) in [6.07, 6.45) is 1.27. The van der Waals surface area contributed by atoms with Crippen LogP contribution < -0.4 is 5.32 Å². The van der Waals surface area contributed by atoms with Gasteiger partial charge in [0.2, 0.25) is 0 Å². The molecular weight excluding hydrogens is 286 g/mol. The molecule has 0 unspecified atom stereocenters. The number of nitrogens with one attached hydrogen (secondary N) is 1. The molecule has 92 valence electrons. The lowest BCUT2D eigenvalue weighted by Gasteiger charge is -2.31. The maximum Gasteiger partial charge on any atom is 0.255 e. The van der Waals surface area contributed by atoms with Gasteiger partial charge in [0.25, 0.3) is 5.91 Å². The van der Waals surface area contributed by atoms with Crippen LogP contribution in [0.15, 0.2) is 22.7 Å². The number of aliphatic hydroxyl groups is 1. The van der Waals surface area contributed by atoms with E-state index in [4.69, 9.17) is 5.11 Å². The summed E-state index contributed by atoms with van der Waals surface area (Å²) in [5, 5.41) is 21.4. The summed E-state index contributed by atoms with van der Waals surface area (Å²) in [6, 6.07) is 4.74. The fourth-order valence-corrected chi connectivity index (χ4v) is 2.25. The number of hydrogen-bond donors (Lipinski definition) is 3. The van der Waals surface area contributed by atoms with E-state index in [0.29, 0.717) is 12.5 Å². The number of carbonyl (C=O) groups excluding carboxylic acids is 1. The molecule has 1 saturated carbocycles. The Hall–Kier alpha value is -1.07. The van der Waals surface area contributed by atoms with Crippen LogP contribution in [-0.4, -0.2) is 28.8 Å². The summed E-state index contributed by atoms with van der Waals surface area (Å²) < 4.78 is 0.750. The maximum absolute atomic E-state index is 11.8. The van der Waals surface area contributed by atoms with Crippen LogP contribution in [0, 0.1) is 5.92 Å². The number of phenols is 1. The number of halogens is 1. The molecule has 4 nitrogen and oxygen atoms in total. The number of rotatable bonds is 3. The van der Waals surface area contributed by atoms with Gasteiger partial charge in [-0.3, -0.25) is 4.79 Å². The van der Waals surface area contributed by atoms with E-state index in [-0.39, 0.29) is 23.3 Å². The molecule has 0 aromatic heterocycles. The summed E-state index contributed by atoms with van der Waals surface area (Å²) in [5.74, 6) is 0.0350. The molecule has 0 atom stereocenters. The number of amides is 1. The first-order valence-electron chi connectivity index (χ1n) is 5.51. The first-order valence-corrected chi connectivity index (χ1v) is 6.30.